The Kier molecular flexibility index (Phi) is 3.67. The Morgan fingerprint density at radius 1 is 1.38 bits per heavy atom. The van der Waals surface area contributed by atoms with Gasteiger partial charge in [-0.2, -0.15) is 0 Å². The molecule has 3 heteroatoms. The number of anilines is 1. The standard InChI is InChI=1S/C13H20N2O/c14-9-11-4-1-2-7-15(10-11)12-5-3-6-13(16)8-12/h3,5-6,8,11,16H,1-2,4,7,9-10,14H2. The number of phenolic OH excluding ortho intramolecular Hbond substituents is 1. The van der Waals surface area contributed by atoms with Crippen LogP contribution in [0.15, 0.2) is 24.3 Å². The van der Waals surface area contributed by atoms with Gasteiger partial charge < -0.3 is 15.7 Å². The highest BCUT2D eigenvalue weighted by Gasteiger charge is 2.17. The predicted molar refractivity (Wildman–Crippen MR) is 66.7 cm³/mol. The summed E-state index contributed by atoms with van der Waals surface area (Å²) in [5.74, 6) is 0.927. The van der Waals surface area contributed by atoms with Crippen molar-refractivity contribution in [1.29, 1.82) is 0 Å². The maximum absolute atomic E-state index is 9.49. The van der Waals surface area contributed by atoms with Crippen molar-refractivity contribution < 1.29 is 5.11 Å². The molecule has 1 fully saturated rings. The molecule has 3 nitrogen and oxygen atoms in total. The second kappa shape index (κ2) is 5.21. The summed E-state index contributed by atoms with van der Waals surface area (Å²) in [5, 5.41) is 9.49. The Bertz CT molecular complexity index is 340. The molecule has 1 aromatic carbocycles. The van der Waals surface area contributed by atoms with Crippen LogP contribution < -0.4 is 10.6 Å². The van der Waals surface area contributed by atoms with Gasteiger partial charge in [-0.25, -0.2) is 0 Å². The normalized spacial score (nSPS) is 21.8. The Morgan fingerprint density at radius 2 is 2.25 bits per heavy atom. The van der Waals surface area contributed by atoms with Gasteiger partial charge in [0.15, 0.2) is 0 Å². The van der Waals surface area contributed by atoms with Gasteiger partial charge in [-0.3, -0.25) is 0 Å². The molecule has 1 aliphatic rings. The summed E-state index contributed by atoms with van der Waals surface area (Å²) < 4.78 is 0. The van der Waals surface area contributed by atoms with E-state index in [1.165, 1.54) is 19.3 Å². The number of hydrogen-bond donors (Lipinski definition) is 2. The quantitative estimate of drug-likeness (QED) is 0.801. The van der Waals surface area contributed by atoms with Crippen LogP contribution in [0, 0.1) is 5.92 Å². The van der Waals surface area contributed by atoms with Gasteiger partial charge in [-0.15, -0.1) is 0 Å². The Labute approximate surface area is 96.9 Å². The van der Waals surface area contributed by atoms with Crippen LogP contribution in [0.5, 0.6) is 5.75 Å². The van der Waals surface area contributed by atoms with Gasteiger partial charge in [0.1, 0.15) is 5.75 Å². The zero-order chi connectivity index (χ0) is 11.4. The highest BCUT2D eigenvalue weighted by molar-refractivity contribution is 5.50. The summed E-state index contributed by atoms with van der Waals surface area (Å²) in [5.41, 5.74) is 6.88. The molecule has 1 saturated heterocycles. The molecular weight excluding hydrogens is 200 g/mol. The molecule has 1 unspecified atom stereocenters. The molecule has 0 saturated carbocycles. The maximum atomic E-state index is 9.49. The van der Waals surface area contributed by atoms with Gasteiger partial charge >= 0.3 is 0 Å². The van der Waals surface area contributed by atoms with Crippen LogP contribution in [0.3, 0.4) is 0 Å². The minimum absolute atomic E-state index is 0.339. The van der Waals surface area contributed by atoms with E-state index < -0.39 is 0 Å². The lowest BCUT2D eigenvalue weighted by Gasteiger charge is -2.26. The Balaban J connectivity index is 2.12. The van der Waals surface area contributed by atoms with E-state index in [1.54, 1.807) is 6.07 Å². The molecule has 16 heavy (non-hydrogen) atoms. The summed E-state index contributed by atoms with van der Waals surface area (Å²) in [6, 6.07) is 7.49. The van der Waals surface area contributed by atoms with Crippen LogP contribution in [0.4, 0.5) is 5.69 Å². The average molecular weight is 220 g/mol. The van der Waals surface area contributed by atoms with E-state index in [1.807, 2.05) is 12.1 Å². The number of nitrogens with zero attached hydrogens (tertiary/aromatic N) is 1. The minimum atomic E-state index is 0.339. The molecule has 1 aliphatic heterocycles. The van der Waals surface area contributed by atoms with Gasteiger partial charge in [0, 0.05) is 24.8 Å². The van der Waals surface area contributed by atoms with E-state index in [0.717, 1.165) is 25.3 Å². The minimum Gasteiger partial charge on any atom is -0.508 e. The largest absolute Gasteiger partial charge is 0.508 e. The number of rotatable bonds is 2. The molecule has 0 amide bonds. The zero-order valence-corrected chi connectivity index (χ0v) is 9.60. The van der Waals surface area contributed by atoms with E-state index in [9.17, 15) is 5.11 Å². The fraction of sp³-hybridized carbons (Fsp3) is 0.538. The summed E-state index contributed by atoms with van der Waals surface area (Å²) in [4.78, 5) is 2.34. The lowest BCUT2D eigenvalue weighted by molar-refractivity contribution is 0.474. The highest BCUT2D eigenvalue weighted by atomic mass is 16.3. The summed E-state index contributed by atoms with van der Waals surface area (Å²) in [6.45, 7) is 2.84. The summed E-state index contributed by atoms with van der Waals surface area (Å²) in [6.07, 6.45) is 3.70. The molecule has 0 bridgehead atoms. The predicted octanol–water partition coefficient (Wildman–Crippen LogP) is 1.96. The van der Waals surface area contributed by atoms with E-state index >= 15 is 0 Å². The smallest absolute Gasteiger partial charge is 0.117 e. The third-order valence-electron chi connectivity index (χ3n) is 3.30. The topological polar surface area (TPSA) is 49.5 Å². The number of aromatic hydroxyl groups is 1. The maximum Gasteiger partial charge on any atom is 0.117 e. The van der Waals surface area contributed by atoms with E-state index in [-0.39, 0.29) is 0 Å². The number of phenols is 1. The van der Waals surface area contributed by atoms with Crippen molar-refractivity contribution in [1.82, 2.24) is 0 Å². The van der Waals surface area contributed by atoms with Crippen LogP contribution in [0.1, 0.15) is 19.3 Å². The molecule has 88 valence electrons. The molecular formula is C13H20N2O. The molecule has 0 aromatic heterocycles. The second-order valence-corrected chi connectivity index (χ2v) is 4.56. The monoisotopic (exact) mass is 220 g/mol. The summed E-state index contributed by atoms with van der Waals surface area (Å²) in [7, 11) is 0. The molecule has 0 aliphatic carbocycles. The molecule has 1 aromatic rings. The van der Waals surface area contributed by atoms with Crippen molar-refractivity contribution in [3.05, 3.63) is 24.3 Å². The van der Waals surface area contributed by atoms with Gasteiger partial charge in [0.05, 0.1) is 0 Å². The first kappa shape index (κ1) is 11.3. The van der Waals surface area contributed by atoms with Crippen molar-refractivity contribution in [2.45, 2.75) is 19.3 Å². The van der Waals surface area contributed by atoms with Gasteiger partial charge in [0.25, 0.3) is 0 Å². The van der Waals surface area contributed by atoms with Crippen molar-refractivity contribution in [2.75, 3.05) is 24.5 Å². The lowest BCUT2D eigenvalue weighted by atomic mass is 10.0. The first-order chi connectivity index (χ1) is 7.79. The molecule has 3 N–H and O–H groups in total. The first-order valence-electron chi connectivity index (χ1n) is 6.03. The zero-order valence-electron chi connectivity index (χ0n) is 9.60. The second-order valence-electron chi connectivity index (χ2n) is 4.56. The summed E-state index contributed by atoms with van der Waals surface area (Å²) >= 11 is 0. The first-order valence-corrected chi connectivity index (χ1v) is 6.03. The molecule has 0 radical (unpaired) electrons. The van der Waals surface area contributed by atoms with Crippen molar-refractivity contribution in [3.8, 4) is 5.75 Å². The van der Waals surface area contributed by atoms with Crippen LogP contribution in [0.2, 0.25) is 0 Å². The van der Waals surface area contributed by atoms with Crippen LogP contribution in [-0.4, -0.2) is 24.7 Å². The van der Waals surface area contributed by atoms with E-state index in [4.69, 9.17) is 5.73 Å². The average Bonchev–Trinajstić information content (AvgIpc) is 2.54. The molecule has 1 heterocycles. The van der Waals surface area contributed by atoms with E-state index in [0.29, 0.717) is 11.7 Å². The van der Waals surface area contributed by atoms with Crippen molar-refractivity contribution in [3.63, 3.8) is 0 Å². The van der Waals surface area contributed by atoms with E-state index in [2.05, 4.69) is 11.0 Å². The Morgan fingerprint density at radius 3 is 3.00 bits per heavy atom. The van der Waals surface area contributed by atoms with Crippen LogP contribution in [-0.2, 0) is 0 Å². The van der Waals surface area contributed by atoms with Crippen LogP contribution >= 0.6 is 0 Å². The fourth-order valence-electron chi connectivity index (χ4n) is 2.35. The van der Waals surface area contributed by atoms with Gasteiger partial charge in [-0.05, 0) is 37.4 Å². The number of hydrogen-bond acceptors (Lipinski definition) is 3. The fourth-order valence-corrected chi connectivity index (χ4v) is 2.35. The van der Waals surface area contributed by atoms with Crippen LogP contribution in [0.25, 0.3) is 0 Å². The third-order valence-corrected chi connectivity index (χ3v) is 3.30. The Hall–Kier alpha value is -1.22. The molecule has 1 atom stereocenters. The van der Waals surface area contributed by atoms with Crippen molar-refractivity contribution >= 4 is 5.69 Å². The molecule has 0 spiro atoms. The highest BCUT2D eigenvalue weighted by Crippen LogP contribution is 2.24. The molecule has 2 rings (SSSR count). The van der Waals surface area contributed by atoms with Crippen molar-refractivity contribution in [2.24, 2.45) is 11.7 Å². The van der Waals surface area contributed by atoms with Gasteiger partial charge in [0.2, 0.25) is 0 Å². The number of benzene rings is 1. The van der Waals surface area contributed by atoms with Gasteiger partial charge in [-0.1, -0.05) is 12.5 Å². The third kappa shape index (κ3) is 2.67. The lowest BCUT2D eigenvalue weighted by Crippen LogP contribution is -2.31. The SMILES string of the molecule is NCC1CCCCN(c2cccc(O)c2)C1. The number of nitrogens with two attached hydrogens (primary N) is 1.